The van der Waals surface area contributed by atoms with Crippen LogP contribution in [-0.2, 0) is 55.9 Å². The molecule has 0 saturated heterocycles. The maximum absolute atomic E-state index is 14.0. The van der Waals surface area contributed by atoms with Crippen LogP contribution in [0.25, 0.3) is 10.8 Å². The number of carbonyl (C=O) groups is 9. The Morgan fingerprint density at radius 3 is 1.54 bits per heavy atom. The van der Waals surface area contributed by atoms with Gasteiger partial charge in [0.25, 0.3) is 5.91 Å². The van der Waals surface area contributed by atoms with Gasteiger partial charge in [-0.05, 0) is 91.1 Å². The molecule has 4 atom stereocenters. The predicted octanol–water partition coefficient (Wildman–Crippen LogP) is 2.77. The fourth-order valence-corrected chi connectivity index (χ4v) is 6.65. The molecule has 0 spiro atoms. The summed E-state index contributed by atoms with van der Waals surface area (Å²) in [6.07, 6.45) is -1.63. The number of carboxylic acids is 1. The maximum Gasteiger partial charge on any atom is 0.332 e. The Bertz CT molecular complexity index is 2590. The Morgan fingerprint density at radius 1 is 0.536 bits per heavy atom. The minimum atomic E-state index is -1.76. The fraction of sp³-hybridized carbons (Fsp3) is 0.392. The molecule has 6 amide bonds. The Labute approximate surface area is 401 Å². The average molecular weight is 950 g/mol. The summed E-state index contributed by atoms with van der Waals surface area (Å²) in [6, 6.07) is 24.3. The SMILES string of the molecule is CC(NC(=O)C(C)(C)NC(=O)C(Cc1ccc(C(=O)c2ccccc2)cc1)NC(=O)C(C)(C)NC(=O)C(C)OC(=O)C(C)(C)NC(=O)C(Cc1ccc2ccccc2c1)NC(=O)C(C)(C)N)C(=O)O. The number of benzene rings is 4. The van der Waals surface area contributed by atoms with Crippen LogP contribution in [0.2, 0.25) is 0 Å². The molecule has 0 fully saturated rings. The molecular weight excluding hydrogens is 887 g/mol. The van der Waals surface area contributed by atoms with Crippen LogP contribution in [-0.4, -0.2) is 105 Å². The molecule has 0 heterocycles. The van der Waals surface area contributed by atoms with Crippen LogP contribution < -0.4 is 37.6 Å². The van der Waals surface area contributed by atoms with Gasteiger partial charge in [0.15, 0.2) is 11.9 Å². The summed E-state index contributed by atoms with van der Waals surface area (Å²) in [7, 11) is 0. The van der Waals surface area contributed by atoms with Crippen LogP contribution >= 0.6 is 0 Å². The molecule has 0 aliphatic carbocycles. The molecule has 0 radical (unpaired) electrons. The quantitative estimate of drug-likeness (QED) is 0.0443. The molecule has 0 bridgehead atoms. The van der Waals surface area contributed by atoms with Crippen molar-refractivity contribution in [3.05, 3.63) is 119 Å². The number of nitrogens with two attached hydrogens (primary N) is 1. The summed E-state index contributed by atoms with van der Waals surface area (Å²) < 4.78 is 5.49. The third kappa shape index (κ3) is 15.0. The van der Waals surface area contributed by atoms with E-state index in [2.05, 4.69) is 31.9 Å². The lowest BCUT2D eigenvalue weighted by molar-refractivity contribution is -0.162. The number of aliphatic carboxylic acids is 1. The van der Waals surface area contributed by atoms with Crippen LogP contribution in [0.15, 0.2) is 97.1 Å². The Morgan fingerprint density at radius 2 is 0.986 bits per heavy atom. The van der Waals surface area contributed by atoms with Crippen molar-refractivity contribution >= 4 is 63.9 Å². The highest BCUT2D eigenvalue weighted by molar-refractivity contribution is 6.09. The smallest absolute Gasteiger partial charge is 0.332 e. The van der Waals surface area contributed by atoms with Gasteiger partial charge < -0.3 is 47.5 Å². The van der Waals surface area contributed by atoms with Gasteiger partial charge in [-0.25, -0.2) is 4.79 Å². The second kappa shape index (κ2) is 22.1. The Hall–Kier alpha value is -7.47. The number of rotatable bonds is 21. The number of hydrogen-bond acceptors (Lipinski definition) is 11. The first-order chi connectivity index (χ1) is 32.0. The minimum Gasteiger partial charge on any atom is -0.480 e. The zero-order chi connectivity index (χ0) is 51.6. The van der Waals surface area contributed by atoms with E-state index in [0.29, 0.717) is 16.7 Å². The van der Waals surface area contributed by atoms with Gasteiger partial charge in [0.05, 0.1) is 5.54 Å². The highest BCUT2D eigenvalue weighted by Gasteiger charge is 2.40. The molecule has 0 aromatic heterocycles. The molecule has 4 aromatic rings. The van der Waals surface area contributed by atoms with Crippen molar-refractivity contribution in [2.45, 2.75) is 128 Å². The minimum absolute atomic E-state index is 0.0449. The molecule has 69 heavy (non-hydrogen) atoms. The van der Waals surface area contributed by atoms with Gasteiger partial charge in [0.2, 0.25) is 29.5 Å². The van der Waals surface area contributed by atoms with E-state index in [1.807, 2.05) is 42.5 Å². The number of fused-ring (bicyclic) bond motifs is 1. The van der Waals surface area contributed by atoms with Crippen molar-refractivity contribution in [2.75, 3.05) is 0 Å². The van der Waals surface area contributed by atoms with Crippen molar-refractivity contribution in [1.29, 1.82) is 0 Å². The lowest BCUT2D eigenvalue weighted by Crippen LogP contribution is -2.64. The summed E-state index contributed by atoms with van der Waals surface area (Å²) in [6.45, 7) is 13.6. The average Bonchev–Trinajstić information content (AvgIpc) is 3.27. The van der Waals surface area contributed by atoms with Gasteiger partial charge in [-0.2, -0.15) is 0 Å². The van der Waals surface area contributed by atoms with Crippen molar-refractivity contribution < 1.29 is 53.0 Å². The standard InChI is InChI=1S/C51H63N7O11/c1-29(43(63)64)53-45(66)49(5,6)57-41(61)37(27-31-20-24-35(25-21-31)39(59)34-17-12-11-13-18-34)55-46(67)50(7,8)56-40(60)30(2)69-47(68)51(9,10)58-42(62)38(54-44(65)48(3,4)52)28-32-22-23-33-16-14-15-19-36(33)26-32/h11-26,29-30,37-38H,27-28,52H2,1-10H3,(H,53,66)(H,54,65)(H,55,67)(H,56,60)(H,57,61)(H,58,62)(H,63,64). The molecule has 368 valence electrons. The number of ketones is 1. The van der Waals surface area contributed by atoms with Gasteiger partial charge in [0, 0.05) is 24.0 Å². The van der Waals surface area contributed by atoms with E-state index in [1.54, 1.807) is 54.6 Å². The van der Waals surface area contributed by atoms with Crippen LogP contribution in [0.3, 0.4) is 0 Å². The normalized spacial score (nSPS) is 13.6. The third-order valence-electron chi connectivity index (χ3n) is 11.1. The number of hydrogen-bond donors (Lipinski definition) is 8. The molecule has 4 unspecified atom stereocenters. The second-order valence-corrected chi connectivity index (χ2v) is 19.2. The first-order valence-corrected chi connectivity index (χ1v) is 22.3. The van der Waals surface area contributed by atoms with Crippen LogP contribution in [0.5, 0.6) is 0 Å². The molecule has 9 N–H and O–H groups in total. The van der Waals surface area contributed by atoms with Crippen LogP contribution in [0.4, 0.5) is 0 Å². The molecule has 0 saturated carbocycles. The largest absolute Gasteiger partial charge is 0.480 e. The number of amides is 6. The van der Waals surface area contributed by atoms with E-state index >= 15 is 0 Å². The van der Waals surface area contributed by atoms with E-state index in [9.17, 15) is 48.3 Å². The van der Waals surface area contributed by atoms with E-state index in [1.165, 1.54) is 69.2 Å². The van der Waals surface area contributed by atoms with Crippen molar-refractivity contribution in [3.8, 4) is 0 Å². The van der Waals surface area contributed by atoms with Crippen LogP contribution in [0, 0.1) is 0 Å². The summed E-state index contributed by atoms with van der Waals surface area (Å²) in [4.78, 5) is 119. The zero-order valence-corrected chi connectivity index (χ0v) is 40.6. The summed E-state index contributed by atoms with van der Waals surface area (Å²) in [5.74, 6) is -7.33. The molecule has 0 aliphatic heterocycles. The molecule has 0 aliphatic rings. The summed E-state index contributed by atoms with van der Waals surface area (Å²) in [5.41, 5.74) is 1.57. The highest BCUT2D eigenvalue weighted by Crippen LogP contribution is 2.19. The van der Waals surface area contributed by atoms with Gasteiger partial charge in [-0.15, -0.1) is 0 Å². The first-order valence-electron chi connectivity index (χ1n) is 22.3. The number of esters is 1. The topological polar surface area (TPSA) is 281 Å². The van der Waals surface area contributed by atoms with E-state index in [-0.39, 0.29) is 18.6 Å². The van der Waals surface area contributed by atoms with Gasteiger partial charge in [-0.1, -0.05) is 97.1 Å². The fourth-order valence-electron chi connectivity index (χ4n) is 6.65. The lowest BCUT2D eigenvalue weighted by atomic mass is 9.97. The number of nitrogens with one attached hydrogen (secondary N) is 6. The molecular formula is C51H63N7O11. The van der Waals surface area contributed by atoms with Crippen molar-refractivity contribution in [1.82, 2.24) is 31.9 Å². The van der Waals surface area contributed by atoms with E-state index < -0.39 is 93.8 Å². The van der Waals surface area contributed by atoms with Crippen LogP contribution in [0.1, 0.15) is 96.3 Å². The molecule has 4 rings (SSSR count). The first kappa shape index (κ1) is 54.1. The predicted molar refractivity (Wildman–Crippen MR) is 257 cm³/mol. The summed E-state index contributed by atoms with van der Waals surface area (Å²) in [5, 5.41) is 26.5. The van der Waals surface area contributed by atoms with Gasteiger partial charge in [-0.3, -0.25) is 38.4 Å². The molecule has 4 aromatic carbocycles. The monoisotopic (exact) mass is 949 g/mol. The Balaban J connectivity index is 1.47. The maximum atomic E-state index is 14.0. The number of carbonyl (C=O) groups excluding carboxylic acids is 8. The zero-order valence-electron chi connectivity index (χ0n) is 40.6. The Kier molecular flexibility index (Phi) is 17.3. The van der Waals surface area contributed by atoms with Crippen molar-refractivity contribution in [2.24, 2.45) is 5.73 Å². The van der Waals surface area contributed by atoms with E-state index in [4.69, 9.17) is 10.5 Å². The summed E-state index contributed by atoms with van der Waals surface area (Å²) >= 11 is 0. The lowest BCUT2D eigenvalue weighted by Gasteiger charge is -2.32. The molecule has 18 heteroatoms. The van der Waals surface area contributed by atoms with Gasteiger partial charge >= 0.3 is 11.9 Å². The van der Waals surface area contributed by atoms with Gasteiger partial charge in [0.1, 0.15) is 34.7 Å². The third-order valence-corrected chi connectivity index (χ3v) is 11.1. The second-order valence-electron chi connectivity index (χ2n) is 19.2. The van der Waals surface area contributed by atoms with E-state index in [0.717, 1.165) is 16.3 Å². The molecule has 18 nitrogen and oxygen atoms in total. The number of ether oxygens (including phenoxy) is 1. The highest BCUT2D eigenvalue weighted by atomic mass is 16.5. The number of carboxylic acid groups (broad SMARTS) is 1. The van der Waals surface area contributed by atoms with Crippen molar-refractivity contribution in [3.63, 3.8) is 0 Å².